The van der Waals surface area contributed by atoms with E-state index in [9.17, 15) is 9.59 Å². The molecule has 0 aromatic heterocycles. The zero-order chi connectivity index (χ0) is 24.1. The van der Waals surface area contributed by atoms with Gasteiger partial charge in [0.15, 0.2) is 0 Å². The average molecular weight is 485 g/mol. The highest BCUT2D eigenvalue weighted by molar-refractivity contribution is 6.30. The minimum Gasteiger partial charge on any atom is -0.495 e. The van der Waals surface area contributed by atoms with Gasteiger partial charge in [0.05, 0.1) is 31.0 Å². The molecule has 1 fully saturated rings. The quantitative estimate of drug-likeness (QED) is 0.586. The predicted molar refractivity (Wildman–Crippen MR) is 131 cm³/mol. The number of urea groups is 1. The smallest absolute Gasteiger partial charge is 0.338 e. The van der Waals surface area contributed by atoms with Gasteiger partial charge in [-0.05, 0) is 36.8 Å². The van der Waals surface area contributed by atoms with Crippen molar-refractivity contribution in [2.24, 2.45) is 0 Å². The van der Waals surface area contributed by atoms with E-state index in [1.807, 2.05) is 24.3 Å². The molecule has 0 saturated carbocycles. The number of rotatable bonds is 7. The molecule has 1 atom stereocenters. The number of para-hydroxylation sites is 2. The first-order valence-electron chi connectivity index (χ1n) is 11.3. The Balaban J connectivity index is 1.56. The fourth-order valence-electron chi connectivity index (χ4n) is 4.39. The maximum absolute atomic E-state index is 13.0. The van der Waals surface area contributed by atoms with Crippen LogP contribution in [0.5, 0.6) is 5.75 Å². The van der Waals surface area contributed by atoms with E-state index in [0.717, 1.165) is 43.2 Å². The summed E-state index contributed by atoms with van der Waals surface area (Å²) in [4.78, 5) is 30.0. The summed E-state index contributed by atoms with van der Waals surface area (Å²) in [5.41, 5.74) is 2.74. The lowest BCUT2D eigenvalue weighted by Gasteiger charge is -2.38. The van der Waals surface area contributed by atoms with Crippen molar-refractivity contribution in [2.75, 3.05) is 51.3 Å². The summed E-state index contributed by atoms with van der Waals surface area (Å²) in [6, 6.07) is 14.1. The van der Waals surface area contributed by atoms with Gasteiger partial charge >= 0.3 is 12.0 Å². The monoisotopic (exact) mass is 484 g/mol. The molecule has 2 aliphatic rings. The molecule has 2 aliphatic heterocycles. The van der Waals surface area contributed by atoms with Gasteiger partial charge in [-0.25, -0.2) is 9.59 Å². The van der Waals surface area contributed by atoms with Crippen LogP contribution in [0.4, 0.5) is 10.5 Å². The van der Waals surface area contributed by atoms with Crippen LogP contribution in [0.2, 0.25) is 5.02 Å². The highest BCUT2D eigenvalue weighted by atomic mass is 35.5. The van der Waals surface area contributed by atoms with Crippen LogP contribution in [0, 0.1) is 0 Å². The van der Waals surface area contributed by atoms with Crippen LogP contribution in [0.3, 0.4) is 0 Å². The largest absolute Gasteiger partial charge is 0.495 e. The minimum absolute atomic E-state index is 0.239. The van der Waals surface area contributed by atoms with Crippen LogP contribution >= 0.6 is 11.6 Å². The van der Waals surface area contributed by atoms with Gasteiger partial charge in [0.2, 0.25) is 0 Å². The molecular formula is C25H29ClN4O4. The second kappa shape index (κ2) is 10.8. The summed E-state index contributed by atoms with van der Waals surface area (Å²) in [5.74, 6) is 0.390. The van der Waals surface area contributed by atoms with E-state index in [2.05, 4.69) is 26.5 Å². The van der Waals surface area contributed by atoms with E-state index in [0.29, 0.717) is 22.8 Å². The zero-order valence-corrected chi connectivity index (χ0v) is 20.1. The van der Waals surface area contributed by atoms with E-state index in [1.165, 1.54) is 0 Å². The molecule has 1 saturated heterocycles. The summed E-state index contributed by atoms with van der Waals surface area (Å²) >= 11 is 6.18. The van der Waals surface area contributed by atoms with Crippen LogP contribution < -0.4 is 20.3 Å². The minimum atomic E-state index is -0.642. The van der Waals surface area contributed by atoms with Crippen LogP contribution in [0.1, 0.15) is 18.5 Å². The molecule has 0 unspecified atom stereocenters. The molecular weight excluding hydrogens is 456 g/mol. The molecule has 180 valence electrons. The lowest BCUT2D eigenvalue weighted by atomic mass is 9.95. The summed E-state index contributed by atoms with van der Waals surface area (Å²) in [5, 5.41) is 6.23. The van der Waals surface area contributed by atoms with Gasteiger partial charge in [-0.1, -0.05) is 35.9 Å². The van der Waals surface area contributed by atoms with Gasteiger partial charge in [-0.3, -0.25) is 4.90 Å². The van der Waals surface area contributed by atoms with E-state index in [4.69, 9.17) is 21.1 Å². The number of methoxy groups -OCH3 is 1. The molecule has 2 aromatic carbocycles. The Morgan fingerprint density at radius 3 is 2.59 bits per heavy atom. The summed E-state index contributed by atoms with van der Waals surface area (Å²) in [7, 11) is 1.68. The maximum atomic E-state index is 13.0. The normalized spacial score (nSPS) is 18.9. The molecule has 2 amide bonds. The van der Waals surface area contributed by atoms with Crippen molar-refractivity contribution in [3.05, 3.63) is 70.4 Å². The number of amides is 2. The third-order valence-electron chi connectivity index (χ3n) is 6.01. The zero-order valence-electron chi connectivity index (χ0n) is 19.3. The Kier molecular flexibility index (Phi) is 7.59. The van der Waals surface area contributed by atoms with Crippen molar-refractivity contribution < 1.29 is 19.1 Å². The third kappa shape index (κ3) is 5.29. The van der Waals surface area contributed by atoms with Crippen molar-refractivity contribution in [3.63, 3.8) is 0 Å². The maximum Gasteiger partial charge on any atom is 0.338 e. The Morgan fingerprint density at radius 1 is 1.12 bits per heavy atom. The van der Waals surface area contributed by atoms with Crippen molar-refractivity contribution in [3.8, 4) is 5.75 Å². The van der Waals surface area contributed by atoms with Crippen LogP contribution in [-0.4, -0.2) is 63.3 Å². The number of hydrogen-bond donors (Lipinski definition) is 2. The predicted octanol–water partition coefficient (Wildman–Crippen LogP) is 3.34. The van der Waals surface area contributed by atoms with Gasteiger partial charge in [-0.2, -0.15) is 0 Å². The van der Waals surface area contributed by atoms with Gasteiger partial charge < -0.3 is 25.0 Å². The van der Waals surface area contributed by atoms with Crippen LogP contribution in [0.15, 0.2) is 59.8 Å². The van der Waals surface area contributed by atoms with E-state index >= 15 is 0 Å². The van der Waals surface area contributed by atoms with Crippen LogP contribution in [-0.2, 0) is 9.53 Å². The number of nitrogens with zero attached hydrogens (tertiary/aromatic N) is 2. The number of piperazine rings is 1. The van der Waals surface area contributed by atoms with E-state index < -0.39 is 12.0 Å². The van der Waals surface area contributed by atoms with Crippen molar-refractivity contribution >= 4 is 29.3 Å². The SMILES string of the molecule is CCOC(=O)C1=C(CN2CCN(c3ccccc3OC)CC2)NC(=O)N[C@H]1c1cccc(Cl)c1. The fraction of sp³-hybridized carbons (Fsp3) is 0.360. The summed E-state index contributed by atoms with van der Waals surface area (Å²) < 4.78 is 10.9. The van der Waals surface area contributed by atoms with Crippen molar-refractivity contribution in [1.82, 2.24) is 15.5 Å². The van der Waals surface area contributed by atoms with Gasteiger partial charge in [0, 0.05) is 43.4 Å². The number of halogens is 1. The van der Waals surface area contributed by atoms with Gasteiger partial charge in [0.1, 0.15) is 5.75 Å². The van der Waals surface area contributed by atoms with Crippen molar-refractivity contribution in [1.29, 1.82) is 0 Å². The number of hydrogen-bond acceptors (Lipinski definition) is 6. The molecule has 2 aromatic rings. The Morgan fingerprint density at radius 2 is 1.88 bits per heavy atom. The second-order valence-corrected chi connectivity index (χ2v) is 8.57. The molecule has 2 N–H and O–H groups in total. The lowest BCUT2D eigenvalue weighted by Crippen LogP contribution is -2.51. The molecule has 2 heterocycles. The summed E-state index contributed by atoms with van der Waals surface area (Å²) in [6.07, 6.45) is 0. The molecule has 8 nitrogen and oxygen atoms in total. The molecule has 0 aliphatic carbocycles. The van der Waals surface area contributed by atoms with Gasteiger partial charge in [-0.15, -0.1) is 0 Å². The highest BCUT2D eigenvalue weighted by Gasteiger charge is 2.35. The average Bonchev–Trinajstić information content (AvgIpc) is 2.84. The Bertz CT molecular complexity index is 1080. The Labute approximate surface area is 204 Å². The first-order chi connectivity index (χ1) is 16.5. The number of ether oxygens (including phenoxy) is 2. The van der Waals surface area contributed by atoms with E-state index in [1.54, 1.807) is 32.2 Å². The summed E-state index contributed by atoms with van der Waals surface area (Å²) in [6.45, 7) is 5.56. The first-order valence-corrected chi connectivity index (χ1v) is 11.7. The molecule has 9 heteroatoms. The number of carbonyl (C=O) groups is 2. The molecule has 34 heavy (non-hydrogen) atoms. The van der Waals surface area contributed by atoms with Gasteiger partial charge in [0.25, 0.3) is 0 Å². The lowest BCUT2D eigenvalue weighted by molar-refractivity contribution is -0.139. The number of nitrogens with one attached hydrogen (secondary N) is 2. The van der Waals surface area contributed by atoms with E-state index in [-0.39, 0.29) is 12.6 Å². The Hall–Kier alpha value is -3.23. The molecule has 0 radical (unpaired) electrons. The third-order valence-corrected chi connectivity index (χ3v) is 6.25. The number of benzene rings is 2. The first kappa shape index (κ1) is 23.9. The highest BCUT2D eigenvalue weighted by Crippen LogP contribution is 2.31. The molecule has 0 bridgehead atoms. The molecule has 0 spiro atoms. The topological polar surface area (TPSA) is 83.1 Å². The fourth-order valence-corrected chi connectivity index (χ4v) is 4.59. The number of esters is 1. The second-order valence-electron chi connectivity index (χ2n) is 8.13. The number of anilines is 1. The number of carbonyl (C=O) groups excluding carboxylic acids is 2. The standard InChI is InChI=1S/C25H29ClN4O4/c1-3-34-24(31)22-19(27-25(32)28-23(22)17-7-6-8-18(26)15-17)16-29-11-13-30(14-12-29)20-9-4-5-10-21(20)33-2/h4-10,15,23H,3,11-14,16H2,1-2H3,(H2,27,28,32)/t23-/m0/s1. The molecule has 4 rings (SSSR count). The van der Waals surface area contributed by atoms with Crippen LogP contribution in [0.25, 0.3) is 0 Å². The van der Waals surface area contributed by atoms with Crippen molar-refractivity contribution in [2.45, 2.75) is 13.0 Å².